The lowest BCUT2D eigenvalue weighted by atomic mass is 10.1. The van der Waals surface area contributed by atoms with Gasteiger partial charge in [-0.3, -0.25) is 10.1 Å². The van der Waals surface area contributed by atoms with Crippen molar-refractivity contribution in [2.75, 3.05) is 17.3 Å². The molecule has 0 aliphatic heterocycles. The number of nitro benzene ring substituents is 1. The number of aryl methyl sites for hydroxylation is 1. The lowest BCUT2D eigenvalue weighted by Crippen LogP contribution is -2.21. The summed E-state index contributed by atoms with van der Waals surface area (Å²) < 4.78 is 0. The zero-order valence-electron chi connectivity index (χ0n) is 10.4. The molecule has 0 saturated carbocycles. The molecule has 1 rings (SSSR count). The summed E-state index contributed by atoms with van der Waals surface area (Å²) in [6.45, 7) is 3.89. The van der Waals surface area contributed by atoms with Crippen LogP contribution in [0.1, 0.15) is 18.9 Å². The maximum absolute atomic E-state index is 10.7. The Balaban J connectivity index is 2.79. The Hall–Kier alpha value is -1.23. The van der Waals surface area contributed by atoms with Crippen LogP contribution in [-0.2, 0) is 0 Å². The lowest BCUT2D eigenvalue weighted by molar-refractivity contribution is -0.385. The fraction of sp³-hybridized carbons (Fsp3) is 0.500. The first kappa shape index (κ1) is 13.8. The minimum Gasteiger partial charge on any atom is -0.381 e. The van der Waals surface area contributed by atoms with Gasteiger partial charge in [0.15, 0.2) is 0 Å². The third-order valence-corrected chi connectivity index (χ3v) is 3.36. The summed E-state index contributed by atoms with van der Waals surface area (Å²) >= 11 is 1.80. The monoisotopic (exact) mass is 254 g/mol. The van der Waals surface area contributed by atoms with E-state index in [1.165, 1.54) is 0 Å². The minimum atomic E-state index is -0.349. The van der Waals surface area contributed by atoms with Crippen molar-refractivity contribution in [1.82, 2.24) is 0 Å². The molecule has 0 bridgehead atoms. The molecule has 5 heteroatoms. The van der Waals surface area contributed by atoms with Crippen LogP contribution < -0.4 is 5.32 Å². The summed E-state index contributed by atoms with van der Waals surface area (Å²) in [7, 11) is 0. The summed E-state index contributed by atoms with van der Waals surface area (Å²) in [5, 5.41) is 14.1. The van der Waals surface area contributed by atoms with Crippen LogP contribution in [0.5, 0.6) is 0 Å². The van der Waals surface area contributed by atoms with E-state index in [1.54, 1.807) is 30.8 Å². The van der Waals surface area contributed by atoms with Crippen LogP contribution >= 0.6 is 11.8 Å². The van der Waals surface area contributed by atoms with E-state index in [0.717, 1.165) is 17.9 Å². The minimum absolute atomic E-state index is 0.175. The summed E-state index contributed by atoms with van der Waals surface area (Å²) in [6, 6.07) is 5.57. The first-order valence-electron chi connectivity index (χ1n) is 5.59. The standard InChI is InChI=1S/C12H18N2O2S/c1-4-10(8-17-3)13-11-5-6-12(14(15)16)9(2)7-11/h5-7,10,13H,4,8H2,1-3H3. The van der Waals surface area contributed by atoms with Gasteiger partial charge < -0.3 is 5.32 Å². The Morgan fingerprint density at radius 2 is 2.24 bits per heavy atom. The Labute approximate surface area is 106 Å². The number of hydrogen-bond donors (Lipinski definition) is 1. The molecule has 0 fully saturated rings. The van der Waals surface area contributed by atoms with Gasteiger partial charge in [-0.25, -0.2) is 0 Å². The van der Waals surface area contributed by atoms with Gasteiger partial charge in [-0.15, -0.1) is 0 Å². The quantitative estimate of drug-likeness (QED) is 0.624. The molecule has 0 heterocycles. The van der Waals surface area contributed by atoms with Gasteiger partial charge in [-0.1, -0.05) is 6.92 Å². The lowest BCUT2D eigenvalue weighted by Gasteiger charge is -2.17. The predicted octanol–water partition coefficient (Wildman–Crippen LogP) is 3.46. The molecule has 0 aromatic heterocycles. The van der Waals surface area contributed by atoms with Crippen LogP contribution in [0.4, 0.5) is 11.4 Å². The van der Waals surface area contributed by atoms with Gasteiger partial charge in [0, 0.05) is 29.1 Å². The van der Waals surface area contributed by atoms with E-state index in [0.29, 0.717) is 11.6 Å². The van der Waals surface area contributed by atoms with E-state index in [2.05, 4.69) is 18.5 Å². The van der Waals surface area contributed by atoms with Gasteiger partial charge in [0.25, 0.3) is 5.69 Å². The molecular formula is C12H18N2O2S. The summed E-state index contributed by atoms with van der Waals surface area (Å²) in [4.78, 5) is 10.3. The van der Waals surface area contributed by atoms with Crippen molar-refractivity contribution in [2.45, 2.75) is 26.3 Å². The van der Waals surface area contributed by atoms with Gasteiger partial charge in [0.1, 0.15) is 0 Å². The highest BCUT2D eigenvalue weighted by atomic mass is 32.2. The molecule has 0 radical (unpaired) electrons. The van der Waals surface area contributed by atoms with Gasteiger partial charge in [-0.05, 0) is 31.7 Å². The van der Waals surface area contributed by atoms with Crippen LogP contribution in [0.15, 0.2) is 18.2 Å². The number of nitrogens with zero attached hydrogens (tertiary/aromatic N) is 1. The molecule has 17 heavy (non-hydrogen) atoms. The van der Waals surface area contributed by atoms with Crippen molar-refractivity contribution < 1.29 is 4.92 Å². The smallest absolute Gasteiger partial charge is 0.272 e. The molecule has 1 atom stereocenters. The van der Waals surface area contributed by atoms with E-state index >= 15 is 0 Å². The molecule has 0 aliphatic rings. The Morgan fingerprint density at radius 1 is 1.53 bits per heavy atom. The normalized spacial score (nSPS) is 12.2. The molecule has 1 N–H and O–H groups in total. The molecule has 1 unspecified atom stereocenters. The molecule has 0 amide bonds. The van der Waals surface area contributed by atoms with Crippen molar-refractivity contribution in [3.05, 3.63) is 33.9 Å². The highest BCUT2D eigenvalue weighted by Crippen LogP contribution is 2.22. The highest BCUT2D eigenvalue weighted by Gasteiger charge is 2.11. The SMILES string of the molecule is CCC(CSC)Nc1ccc([N+](=O)[O-])c(C)c1. The molecular weight excluding hydrogens is 236 g/mol. The number of anilines is 1. The van der Waals surface area contributed by atoms with Gasteiger partial charge >= 0.3 is 0 Å². The number of rotatable bonds is 6. The average Bonchev–Trinajstić information content (AvgIpc) is 2.28. The largest absolute Gasteiger partial charge is 0.381 e. The first-order chi connectivity index (χ1) is 8.08. The molecule has 0 spiro atoms. The van der Waals surface area contributed by atoms with E-state index in [1.807, 2.05) is 6.07 Å². The van der Waals surface area contributed by atoms with Crippen molar-refractivity contribution in [1.29, 1.82) is 0 Å². The third kappa shape index (κ3) is 3.93. The average molecular weight is 254 g/mol. The van der Waals surface area contributed by atoms with Crippen LogP contribution in [0.2, 0.25) is 0 Å². The second kappa shape index (κ2) is 6.49. The van der Waals surface area contributed by atoms with Crippen LogP contribution in [0, 0.1) is 17.0 Å². The van der Waals surface area contributed by atoms with Crippen LogP contribution in [0.25, 0.3) is 0 Å². The molecule has 1 aromatic carbocycles. The van der Waals surface area contributed by atoms with Crippen LogP contribution in [-0.4, -0.2) is 23.0 Å². The van der Waals surface area contributed by atoms with E-state index in [9.17, 15) is 10.1 Å². The number of nitro groups is 1. The molecule has 94 valence electrons. The molecule has 1 aromatic rings. The van der Waals surface area contributed by atoms with Crippen molar-refractivity contribution in [2.24, 2.45) is 0 Å². The van der Waals surface area contributed by atoms with Gasteiger partial charge in [0.05, 0.1) is 4.92 Å². The maximum atomic E-state index is 10.7. The Bertz CT molecular complexity index is 396. The van der Waals surface area contributed by atoms with Gasteiger partial charge in [0.2, 0.25) is 0 Å². The molecule has 4 nitrogen and oxygen atoms in total. The van der Waals surface area contributed by atoms with Crippen molar-refractivity contribution in [3.8, 4) is 0 Å². The highest BCUT2D eigenvalue weighted by molar-refractivity contribution is 7.98. The van der Waals surface area contributed by atoms with Crippen molar-refractivity contribution in [3.63, 3.8) is 0 Å². The third-order valence-electron chi connectivity index (χ3n) is 2.62. The van der Waals surface area contributed by atoms with Crippen molar-refractivity contribution >= 4 is 23.1 Å². The van der Waals surface area contributed by atoms with Gasteiger partial charge in [-0.2, -0.15) is 11.8 Å². The summed E-state index contributed by atoms with van der Waals surface area (Å²) in [5.41, 5.74) is 1.82. The second-order valence-electron chi connectivity index (χ2n) is 3.96. The molecule has 0 saturated heterocycles. The zero-order chi connectivity index (χ0) is 12.8. The summed E-state index contributed by atoms with van der Waals surface area (Å²) in [5.74, 6) is 1.03. The second-order valence-corrected chi connectivity index (χ2v) is 4.87. The number of nitrogens with one attached hydrogen (secondary N) is 1. The topological polar surface area (TPSA) is 55.2 Å². The molecule has 0 aliphatic carbocycles. The number of thioether (sulfide) groups is 1. The summed E-state index contributed by atoms with van der Waals surface area (Å²) in [6.07, 6.45) is 3.11. The number of hydrogen-bond acceptors (Lipinski definition) is 4. The Kier molecular flexibility index (Phi) is 5.28. The van der Waals surface area contributed by atoms with E-state index in [-0.39, 0.29) is 10.6 Å². The fourth-order valence-electron chi connectivity index (χ4n) is 1.65. The predicted molar refractivity (Wildman–Crippen MR) is 73.9 cm³/mol. The zero-order valence-corrected chi connectivity index (χ0v) is 11.2. The van der Waals surface area contributed by atoms with E-state index < -0.39 is 0 Å². The first-order valence-corrected chi connectivity index (χ1v) is 6.98. The fourth-order valence-corrected chi connectivity index (χ4v) is 2.37. The Morgan fingerprint density at radius 3 is 2.71 bits per heavy atom. The van der Waals surface area contributed by atoms with Crippen LogP contribution in [0.3, 0.4) is 0 Å². The van der Waals surface area contributed by atoms with E-state index in [4.69, 9.17) is 0 Å². The maximum Gasteiger partial charge on any atom is 0.272 e. The number of benzene rings is 1.